The molecule has 1 aliphatic rings. The highest BCUT2D eigenvalue weighted by Gasteiger charge is 2.28. The highest BCUT2D eigenvalue weighted by Crippen LogP contribution is 2.44. The largest absolute Gasteiger partial charge is 0.480 e. The molecule has 0 aromatic heterocycles. The summed E-state index contributed by atoms with van der Waals surface area (Å²) in [7, 11) is 0. The molecule has 8 heteroatoms. The third-order valence-electron chi connectivity index (χ3n) is 5.14. The van der Waals surface area contributed by atoms with Gasteiger partial charge in [0.25, 0.3) is 0 Å². The molecule has 1 atom stereocenters. The van der Waals surface area contributed by atoms with E-state index in [4.69, 9.17) is 14.9 Å². The third kappa shape index (κ3) is 5.10. The summed E-state index contributed by atoms with van der Waals surface area (Å²) in [6.07, 6.45) is 0.817. The van der Waals surface area contributed by atoms with Crippen molar-refractivity contribution in [1.82, 2.24) is 10.6 Å². The van der Waals surface area contributed by atoms with Crippen LogP contribution < -0.4 is 10.6 Å². The fourth-order valence-corrected chi connectivity index (χ4v) is 3.49. The van der Waals surface area contributed by atoms with E-state index >= 15 is 0 Å². The van der Waals surface area contributed by atoms with Gasteiger partial charge in [-0.05, 0) is 29.2 Å². The van der Waals surface area contributed by atoms with Gasteiger partial charge < -0.3 is 25.6 Å². The number of nitrogens with one attached hydrogen (secondary N) is 2. The van der Waals surface area contributed by atoms with Gasteiger partial charge in [-0.25, -0.2) is 9.59 Å². The summed E-state index contributed by atoms with van der Waals surface area (Å²) in [4.78, 5) is 34.9. The number of fused-ring (bicyclic) bond motifs is 3. The average Bonchev–Trinajstić information content (AvgIpc) is 3.09. The Hall–Kier alpha value is -3.65. The molecular formula is C23H24N2O6. The molecule has 0 unspecified atom stereocenters. The number of benzene rings is 2. The molecule has 2 aromatic rings. The Balaban J connectivity index is 1.53. The van der Waals surface area contributed by atoms with Crippen molar-refractivity contribution in [3.8, 4) is 11.1 Å². The van der Waals surface area contributed by atoms with Gasteiger partial charge in [-0.3, -0.25) is 4.79 Å². The summed E-state index contributed by atoms with van der Waals surface area (Å²) in [5.74, 6) is -2.02. The molecule has 0 aliphatic heterocycles. The van der Waals surface area contributed by atoms with Crippen molar-refractivity contribution in [3.63, 3.8) is 0 Å². The van der Waals surface area contributed by atoms with Gasteiger partial charge in [0.05, 0.1) is 6.61 Å². The Bertz CT molecular complexity index is 971. The Kier molecular flexibility index (Phi) is 7.04. The Morgan fingerprint density at radius 1 is 1.06 bits per heavy atom. The first-order valence-electron chi connectivity index (χ1n) is 9.82. The van der Waals surface area contributed by atoms with Crippen LogP contribution in [0.3, 0.4) is 0 Å². The number of aliphatic carboxylic acids is 1. The van der Waals surface area contributed by atoms with Crippen molar-refractivity contribution in [2.75, 3.05) is 19.8 Å². The van der Waals surface area contributed by atoms with E-state index in [1.807, 2.05) is 36.4 Å². The van der Waals surface area contributed by atoms with Crippen LogP contribution >= 0.6 is 0 Å². The minimum atomic E-state index is -1.38. The number of carboxylic acids is 1. The van der Waals surface area contributed by atoms with Gasteiger partial charge in [0.2, 0.25) is 5.91 Å². The van der Waals surface area contributed by atoms with Crippen molar-refractivity contribution < 1.29 is 29.3 Å². The third-order valence-corrected chi connectivity index (χ3v) is 5.14. The van der Waals surface area contributed by atoms with Crippen LogP contribution in [0.2, 0.25) is 0 Å². The fraction of sp³-hybridized carbons (Fsp3) is 0.261. The van der Waals surface area contributed by atoms with Crippen LogP contribution in [0.15, 0.2) is 60.2 Å². The number of hydrogen-bond donors (Lipinski definition) is 4. The van der Waals surface area contributed by atoms with Gasteiger partial charge in [-0.2, -0.15) is 0 Å². The lowest BCUT2D eigenvalue weighted by molar-refractivity contribution is -0.142. The second-order valence-electron chi connectivity index (χ2n) is 7.14. The Morgan fingerprint density at radius 3 is 2.19 bits per heavy atom. The molecule has 3 rings (SSSR count). The number of rotatable bonds is 8. The molecular weight excluding hydrogens is 400 g/mol. The zero-order valence-corrected chi connectivity index (χ0v) is 17.0. The molecule has 1 aliphatic carbocycles. The van der Waals surface area contributed by atoms with E-state index in [1.165, 1.54) is 13.0 Å². The van der Waals surface area contributed by atoms with Crippen molar-refractivity contribution >= 4 is 18.0 Å². The number of amides is 2. The minimum Gasteiger partial charge on any atom is -0.480 e. The first-order chi connectivity index (χ1) is 14.9. The van der Waals surface area contributed by atoms with Crippen LogP contribution in [0.5, 0.6) is 0 Å². The van der Waals surface area contributed by atoms with Gasteiger partial charge in [0.1, 0.15) is 6.61 Å². The molecule has 0 saturated heterocycles. The second kappa shape index (κ2) is 9.90. The highest BCUT2D eigenvalue weighted by atomic mass is 16.5. The molecule has 0 bridgehead atoms. The molecule has 31 heavy (non-hydrogen) atoms. The quantitative estimate of drug-likeness (QED) is 0.481. The predicted octanol–water partition coefficient (Wildman–Crippen LogP) is 2.03. The Morgan fingerprint density at radius 2 is 1.65 bits per heavy atom. The van der Waals surface area contributed by atoms with Crippen LogP contribution in [0.25, 0.3) is 11.1 Å². The maximum Gasteiger partial charge on any atom is 0.407 e. The smallest absolute Gasteiger partial charge is 0.407 e. The van der Waals surface area contributed by atoms with E-state index in [-0.39, 0.29) is 24.6 Å². The maximum atomic E-state index is 12.1. The lowest BCUT2D eigenvalue weighted by Gasteiger charge is -2.14. The Labute approximate surface area is 179 Å². The summed E-state index contributed by atoms with van der Waals surface area (Å²) < 4.78 is 5.40. The first kappa shape index (κ1) is 22.0. The summed E-state index contributed by atoms with van der Waals surface area (Å²) >= 11 is 0. The number of aliphatic hydroxyl groups excluding tert-OH is 1. The van der Waals surface area contributed by atoms with E-state index in [2.05, 4.69) is 22.8 Å². The minimum absolute atomic E-state index is 0.0345. The lowest BCUT2D eigenvalue weighted by atomic mass is 9.98. The summed E-state index contributed by atoms with van der Waals surface area (Å²) in [5, 5.41) is 22.5. The van der Waals surface area contributed by atoms with Crippen LogP contribution in [0.4, 0.5) is 4.79 Å². The van der Waals surface area contributed by atoms with E-state index in [1.54, 1.807) is 0 Å². The topological polar surface area (TPSA) is 125 Å². The number of carbonyl (C=O) groups is 3. The molecule has 2 aromatic carbocycles. The van der Waals surface area contributed by atoms with Gasteiger partial charge in [0, 0.05) is 18.0 Å². The van der Waals surface area contributed by atoms with E-state index in [0.717, 1.165) is 22.3 Å². The number of carboxylic acid groups (broad SMARTS) is 1. The number of ether oxygens (including phenoxy) is 1. The fourth-order valence-electron chi connectivity index (χ4n) is 3.49. The lowest BCUT2D eigenvalue weighted by Crippen LogP contribution is -2.43. The number of alkyl carbamates (subject to hydrolysis) is 1. The van der Waals surface area contributed by atoms with Gasteiger partial charge in [-0.15, -0.1) is 0 Å². The van der Waals surface area contributed by atoms with E-state index < -0.39 is 30.6 Å². The van der Waals surface area contributed by atoms with Crippen molar-refractivity contribution in [2.45, 2.75) is 18.9 Å². The van der Waals surface area contributed by atoms with Gasteiger partial charge in [-0.1, -0.05) is 54.6 Å². The van der Waals surface area contributed by atoms with Gasteiger partial charge in [0.15, 0.2) is 6.04 Å². The predicted molar refractivity (Wildman–Crippen MR) is 113 cm³/mol. The number of hydrogen-bond acceptors (Lipinski definition) is 5. The zero-order valence-electron chi connectivity index (χ0n) is 17.0. The molecule has 8 nitrogen and oxygen atoms in total. The number of aliphatic hydroxyl groups is 1. The van der Waals surface area contributed by atoms with Crippen LogP contribution in [0, 0.1) is 0 Å². The maximum absolute atomic E-state index is 12.1. The standard InChI is InChI=1S/C23H24N2O6/c1-14(21(27)25-20(12-26)22(28)29)10-11-24-23(30)31-13-19-17-8-4-2-6-15(17)16-7-3-5-9-18(16)19/h2-10,19-20,26H,11-13H2,1H3,(H,24,30)(H,25,27)(H,28,29)/b14-10+/t20-/m1/s1. The molecule has 0 fully saturated rings. The van der Waals surface area contributed by atoms with Crippen molar-refractivity contribution in [2.24, 2.45) is 0 Å². The molecule has 0 heterocycles. The van der Waals surface area contributed by atoms with Crippen LogP contribution in [0.1, 0.15) is 24.0 Å². The molecule has 162 valence electrons. The zero-order chi connectivity index (χ0) is 22.4. The van der Waals surface area contributed by atoms with Crippen molar-refractivity contribution in [1.29, 1.82) is 0 Å². The normalized spacial score (nSPS) is 13.7. The van der Waals surface area contributed by atoms with Crippen LogP contribution in [-0.2, 0) is 14.3 Å². The molecule has 0 saturated carbocycles. The number of carbonyl (C=O) groups excluding carboxylic acids is 2. The summed E-state index contributed by atoms with van der Waals surface area (Å²) in [6, 6.07) is 14.7. The molecule has 4 N–H and O–H groups in total. The monoisotopic (exact) mass is 424 g/mol. The van der Waals surface area contributed by atoms with Crippen LogP contribution in [-0.4, -0.2) is 54.0 Å². The highest BCUT2D eigenvalue weighted by molar-refractivity contribution is 5.95. The molecule has 0 radical (unpaired) electrons. The average molecular weight is 424 g/mol. The van der Waals surface area contributed by atoms with E-state index in [0.29, 0.717) is 0 Å². The first-order valence-corrected chi connectivity index (χ1v) is 9.82. The van der Waals surface area contributed by atoms with E-state index in [9.17, 15) is 14.4 Å². The van der Waals surface area contributed by atoms with Gasteiger partial charge >= 0.3 is 12.1 Å². The molecule has 0 spiro atoms. The second-order valence-corrected chi connectivity index (χ2v) is 7.14. The summed E-state index contributed by atoms with van der Waals surface area (Å²) in [5.41, 5.74) is 4.71. The van der Waals surface area contributed by atoms with Crippen molar-refractivity contribution in [3.05, 3.63) is 71.3 Å². The SMILES string of the molecule is C/C(=C\CNC(=O)OCC1c2ccccc2-c2ccccc21)C(=O)N[C@H](CO)C(=O)O. The summed E-state index contributed by atoms with van der Waals surface area (Å²) in [6.45, 7) is 0.976. The molecule has 2 amide bonds.